The molecule has 0 unspecified atom stereocenters. The van der Waals surface area contributed by atoms with Gasteiger partial charge >= 0.3 is 0 Å². The summed E-state index contributed by atoms with van der Waals surface area (Å²) in [6.07, 6.45) is 0. The highest BCUT2D eigenvalue weighted by Crippen LogP contribution is 2.19. The van der Waals surface area contributed by atoms with Gasteiger partial charge in [-0.3, -0.25) is 0 Å². The van der Waals surface area contributed by atoms with Crippen molar-refractivity contribution in [3.8, 4) is 0 Å². The van der Waals surface area contributed by atoms with Gasteiger partial charge in [0.15, 0.2) is 0 Å². The number of anilines is 1. The quantitative estimate of drug-likeness (QED) is 0.740. The molecule has 0 aliphatic heterocycles. The van der Waals surface area contributed by atoms with Crippen molar-refractivity contribution in [2.24, 2.45) is 0 Å². The van der Waals surface area contributed by atoms with Crippen molar-refractivity contribution in [3.05, 3.63) is 29.6 Å². The van der Waals surface area contributed by atoms with Crippen LogP contribution in [0.3, 0.4) is 0 Å². The average molecular weight is 197 g/mol. The van der Waals surface area contributed by atoms with Crippen LogP contribution in [0.1, 0.15) is 26.3 Å². The van der Waals surface area contributed by atoms with Crippen molar-refractivity contribution in [3.63, 3.8) is 0 Å². The van der Waals surface area contributed by atoms with Gasteiger partial charge in [0.05, 0.1) is 12.2 Å². The van der Waals surface area contributed by atoms with Crippen molar-refractivity contribution < 1.29 is 9.13 Å². The van der Waals surface area contributed by atoms with Gasteiger partial charge in [0.1, 0.15) is 5.82 Å². The first-order valence-corrected chi connectivity index (χ1v) is 4.57. The molecule has 0 aromatic heterocycles. The Labute approximate surface area is 83.9 Å². The fourth-order valence-electron chi connectivity index (χ4n) is 1.02. The van der Waals surface area contributed by atoms with Gasteiger partial charge in [-0.25, -0.2) is 4.39 Å². The number of benzene rings is 1. The molecule has 78 valence electrons. The van der Waals surface area contributed by atoms with E-state index in [4.69, 9.17) is 10.5 Å². The highest BCUT2D eigenvalue weighted by molar-refractivity contribution is 5.46. The first kappa shape index (κ1) is 11.0. The summed E-state index contributed by atoms with van der Waals surface area (Å²) in [7, 11) is 0. The molecule has 2 nitrogen and oxygen atoms in total. The van der Waals surface area contributed by atoms with Gasteiger partial charge in [-0.05, 0) is 32.9 Å². The third-order valence-corrected chi connectivity index (χ3v) is 1.80. The van der Waals surface area contributed by atoms with E-state index in [-0.39, 0.29) is 18.0 Å². The second-order valence-corrected chi connectivity index (χ2v) is 4.21. The van der Waals surface area contributed by atoms with Crippen LogP contribution in [0.15, 0.2) is 18.2 Å². The molecule has 0 atom stereocenters. The van der Waals surface area contributed by atoms with E-state index in [9.17, 15) is 4.39 Å². The van der Waals surface area contributed by atoms with Crippen molar-refractivity contribution in [2.75, 3.05) is 5.73 Å². The van der Waals surface area contributed by atoms with Crippen LogP contribution in [0.4, 0.5) is 10.1 Å². The number of hydrogen-bond acceptors (Lipinski definition) is 2. The molecule has 0 aliphatic carbocycles. The molecule has 2 N–H and O–H groups in total. The molecule has 0 heterocycles. The van der Waals surface area contributed by atoms with Crippen molar-refractivity contribution in [2.45, 2.75) is 33.0 Å². The van der Waals surface area contributed by atoms with E-state index in [1.807, 2.05) is 20.8 Å². The third kappa shape index (κ3) is 3.00. The molecule has 0 fully saturated rings. The van der Waals surface area contributed by atoms with E-state index < -0.39 is 0 Å². The summed E-state index contributed by atoms with van der Waals surface area (Å²) in [5, 5.41) is 0. The zero-order valence-electron chi connectivity index (χ0n) is 8.80. The molecule has 0 amide bonds. The number of nitrogen functional groups attached to an aromatic ring is 1. The summed E-state index contributed by atoms with van der Waals surface area (Å²) in [4.78, 5) is 0. The normalized spacial score (nSPS) is 11.7. The Kier molecular flexibility index (Phi) is 3.11. The average Bonchev–Trinajstić information content (AvgIpc) is 2.01. The highest BCUT2D eigenvalue weighted by Gasteiger charge is 2.13. The summed E-state index contributed by atoms with van der Waals surface area (Å²) in [5.74, 6) is -0.311. The lowest BCUT2D eigenvalue weighted by Crippen LogP contribution is -2.19. The Morgan fingerprint density at radius 1 is 1.36 bits per heavy atom. The number of rotatable bonds is 2. The van der Waals surface area contributed by atoms with Crippen LogP contribution < -0.4 is 5.73 Å². The van der Waals surface area contributed by atoms with Crippen LogP contribution in [0.25, 0.3) is 0 Å². The van der Waals surface area contributed by atoms with E-state index in [1.165, 1.54) is 6.07 Å². The second kappa shape index (κ2) is 3.96. The van der Waals surface area contributed by atoms with E-state index >= 15 is 0 Å². The summed E-state index contributed by atoms with van der Waals surface area (Å²) in [5.41, 5.74) is 6.22. The molecular formula is C11H16FNO. The lowest BCUT2D eigenvalue weighted by atomic mass is 10.1. The first-order valence-electron chi connectivity index (χ1n) is 4.57. The van der Waals surface area contributed by atoms with Crippen molar-refractivity contribution in [1.29, 1.82) is 0 Å². The predicted molar refractivity (Wildman–Crippen MR) is 55.4 cm³/mol. The van der Waals surface area contributed by atoms with Crippen molar-refractivity contribution >= 4 is 5.69 Å². The summed E-state index contributed by atoms with van der Waals surface area (Å²) >= 11 is 0. The summed E-state index contributed by atoms with van der Waals surface area (Å²) in [6, 6.07) is 4.65. The molecular weight excluding hydrogens is 181 g/mol. The topological polar surface area (TPSA) is 35.2 Å². The standard InChI is InChI=1S/C11H16FNO/c1-11(2,3)14-7-8-9(12)5-4-6-10(8)13/h4-6H,7,13H2,1-3H3. The molecule has 3 heteroatoms. The lowest BCUT2D eigenvalue weighted by Gasteiger charge is -2.20. The zero-order valence-corrected chi connectivity index (χ0v) is 8.80. The highest BCUT2D eigenvalue weighted by atomic mass is 19.1. The fraction of sp³-hybridized carbons (Fsp3) is 0.455. The van der Waals surface area contributed by atoms with Crippen LogP contribution in [0.2, 0.25) is 0 Å². The number of nitrogens with two attached hydrogens (primary N) is 1. The van der Waals surface area contributed by atoms with Gasteiger partial charge in [0.2, 0.25) is 0 Å². The van der Waals surface area contributed by atoms with Crippen LogP contribution in [0.5, 0.6) is 0 Å². The Morgan fingerprint density at radius 3 is 2.50 bits per heavy atom. The van der Waals surface area contributed by atoms with E-state index in [0.717, 1.165) is 0 Å². The lowest BCUT2D eigenvalue weighted by molar-refractivity contribution is -0.0158. The fourth-order valence-corrected chi connectivity index (χ4v) is 1.02. The third-order valence-electron chi connectivity index (χ3n) is 1.80. The molecule has 14 heavy (non-hydrogen) atoms. The molecule has 0 saturated heterocycles. The minimum atomic E-state index is -0.311. The maximum atomic E-state index is 13.3. The Balaban J connectivity index is 2.77. The molecule has 0 saturated carbocycles. The minimum absolute atomic E-state index is 0.210. The molecule has 1 aromatic carbocycles. The maximum absolute atomic E-state index is 13.3. The molecule has 0 radical (unpaired) electrons. The Hall–Kier alpha value is -1.09. The largest absolute Gasteiger partial charge is 0.398 e. The van der Waals surface area contributed by atoms with Gasteiger partial charge < -0.3 is 10.5 Å². The van der Waals surface area contributed by atoms with Crippen LogP contribution in [0, 0.1) is 5.82 Å². The number of halogens is 1. The monoisotopic (exact) mass is 197 g/mol. The Morgan fingerprint density at radius 2 is 2.00 bits per heavy atom. The number of hydrogen-bond donors (Lipinski definition) is 1. The van der Waals surface area contributed by atoms with Crippen molar-refractivity contribution in [1.82, 2.24) is 0 Å². The molecule has 1 aromatic rings. The zero-order chi connectivity index (χ0) is 10.8. The molecule has 0 spiro atoms. The summed E-state index contributed by atoms with van der Waals surface area (Å²) < 4.78 is 18.7. The van der Waals surface area contributed by atoms with E-state index in [2.05, 4.69) is 0 Å². The minimum Gasteiger partial charge on any atom is -0.398 e. The Bertz CT molecular complexity index is 297. The van der Waals surface area contributed by atoms with Crippen LogP contribution in [-0.4, -0.2) is 5.60 Å². The predicted octanol–water partition coefficient (Wildman–Crippen LogP) is 2.72. The first-order chi connectivity index (χ1) is 6.40. The smallest absolute Gasteiger partial charge is 0.130 e. The maximum Gasteiger partial charge on any atom is 0.130 e. The molecule has 0 bridgehead atoms. The molecule has 0 aliphatic rings. The number of ether oxygens (including phenoxy) is 1. The van der Waals surface area contributed by atoms with Gasteiger partial charge in [-0.2, -0.15) is 0 Å². The van der Waals surface area contributed by atoms with Crippen LogP contribution >= 0.6 is 0 Å². The van der Waals surface area contributed by atoms with Gasteiger partial charge in [0.25, 0.3) is 0 Å². The summed E-state index contributed by atoms with van der Waals surface area (Å²) in [6.45, 7) is 5.97. The van der Waals surface area contributed by atoms with E-state index in [0.29, 0.717) is 11.3 Å². The van der Waals surface area contributed by atoms with Crippen LogP contribution in [-0.2, 0) is 11.3 Å². The van der Waals surface area contributed by atoms with Gasteiger partial charge in [-0.15, -0.1) is 0 Å². The molecule has 1 rings (SSSR count). The SMILES string of the molecule is CC(C)(C)OCc1c(N)cccc1F. The van der Waals surface area contributed by atoms with Gasteiger partial charge in [-0.1, -0.05) is 6.07 Å². The second-order valence-electron chi connectivity index (χ2n) is 4.21. The van der Waals surface area contributed by atoms with Gasteiger partial charge in [0, 0.05) is 11.3 Å². The van der Waals surface area contributed by atoms with E-state index in [1.54, 1.807) is 12.1 Å².